The molecule has 2 aromatic heterocycles. The summed E-state index contributed by atoms with van der Waals surface area (Å²) in [6.45, 7) is 3.37. The van der Waals surface area contributed by atoms with Crippen LogP contribution >= 0.6 is 11.6 Å². The molecule has 0 aliphatic carbocycles. The molecule has 3 heterocycles. The predicted molar refractivity (Wildman–Crippen MR) is 102 cm³/mol. The summed E-state index contributed by atoms with van der Waals surface area (Å²) >= 11 is 6.39. The molecule has 25 heavy (non-hydrogen) atoms. The molecular formula is C19H19ClN4O. The van der Waals surface area contributed by atoms with Gasteiger partial charge in [0.25, 0.3) is 5.91 Å². The van der Waals surface area contributed by atoms with Crippen LogP contribution < -0.4 is 10.2 Å². The molecule has 128 valence electrons. The zero-order valence-electron chi connectivity index (χ0n) is 14.4. The first-order valence-corrected chi connectivity index (χ1v) is 8.59. The molecule has 1 N–H and O–H groups in total. The summed E-state index contributed by atoms with van der Waals surface area (Å²) in [6.07, 6.45) is 1.86. The Balaban J connectivity index is 2.01. The number of fused-ring (bicyclic) bond motifs is 3. The first kappa shape index (κ1) is 16.0. The number of carbonyl (C=O) groups is 1. The zero-order chi connectivity index (χ0) is 17.7. The van der Waals surface area contributed by atoms with E-state index in [1.54, 1.807) is 0 Å². The Hall–Kier alpha value is -2.53. The fourth-order valence-electron chi connectivity index (χ4n) is 3.53. The maximum Gasteiger partial charge on any atom is 0.268 e. The van der Waals surface area contributed by atoms with Gasteiger partial charge in [0.1, 0.15) is 11.5 Å². The van der Waals surface area contributed by atoms with Gasteiger partial charge in [0.2, 0.25) is 0 Å². The Morgan fingerprint density at radius 3 is 2.76 bits per heavy atom. The van der Waals surface area contributed by atoms with Crippen LogP contribution in [0.3, 0.4) is 0 Å². The molecule has 4 rings (SSSR count). The van der Waals surface area contributed by atoms with E-state index in [1.807, 2.05) is 56.4 Å². The summed E-state index contributed by atoms with van der Waals surface area (Å²) < 4.78 is 2.11. The van der Waals surface area contributed by atoms with E-state index >= 15 is 0 Å². The molecule has 0 atom stereocenters. The Morgan fingerprint density at radius 1 is 1.28 bits per heavy atom. The number of halogens is 1. The van der Waals surface area contributed by atoms with Crippen molar-refractivity contribution in [1.29, 1.82) is 0 Å². The summed E-state index contributed by atoms with van der Waals surface area (Å²) in [4.78, 5) is 18.8. The number of benzene rings is 1. The van der Waals surface area contributed by atoms with E-state index in [4.69, 9.17) is 11.6 Å². The van der Waals surface area contributed by atoms with Crippen molar-refractivity contribution in [1.82, 2.24) is 14.9 Å². The molecule has 0 saturated carbocycles. The zero-order valence-corrected chi connectivity index (χ0v) is 15.2. The Bertz CT molecular complexity index is 989. The normalized spacial score (nSPS) is 13.7. The fraction of sp³-hybridized carbons (Fsp3) is 0.263. The number of aromatic nitrogens is 2. The third-order valence-electron chi connectivity index (χ3n) is 4.73. The predicted octanol–water partition coefficient (Wildman–Crippen LogP) is 3.47. The number of aryl methyl sites for hydroxylation is 1. The van der Waals surface area contributed by atoms with Gasteiger partial charge in [0.15, 0.2) is 0 Å². The Labute approximate surface area is 151 Å². The number of carbonyl (C=O) groups excluding carboxylic acids is 1. The van der Waals surface area contributed by atoms with E-state index < -0.39 is 0 Å². The molecule has 6 heteroatoms. The molecule has 0 unspecified atom stereocenters. The second-order valence-corrected chi connectivity index (χ2v) is 6.97. The molecule has 1 aliphatic rings. The van der Waals surface area contributed by atoms with Crippen LogP contribution in [0.25, 0.3) is 22.0 Å². The molecule has 0 fully saturated rings. The average molecular weight is 355 g/mol. The van der Waals surface area contributed by atoms with Crippen molar-refractivity contribution in [2.24, 2.45) is 0 Å². The molecule has 1 aliphatic heterocycles. The van der Waals surface area contributed by atoms with Crippen molar-refractivity contribution in [2.75, 3.05) is 25.5 Å². The molecule has 1 amide bonds. The summed E-state index contributed by atoms with van der Waals surface area (Å²) in [7, 11) is 3.93. The highest BCUT2D eigenvalue weighted by Gasteiger charge is 2.25. The van der Waals surface area contributed by atoms with E-state index in [9.17, 15) is 4.79 Å². The van der Waals surface area contributed by atoms with E-state index in [0.29, 0.717) is 11.6 Å². The van der Waals surface area contributed by atoms with Crippen molar-refractivity contribution in [3.8, 4) is 11.1 Å². The van der Waals surface area contributed by atoms with E-state index in [-0.39, 0.29) is 5.91 Å². The highest BCUT2D eigenvalue weighted by molar-refractivity contribution is 6.32. The van der Waals surface area contributed by atoms with Crippen molar-refractivity contribution in [3.05, 3.63) is 46.7 Å². The van der Waals surface area contributed by atoms with Crippen LogP contribution in [0.4, 0.5) is 5.82 Å². The third kappa shape index (κ3) is 2.46. The highest BCUT2D eigenvalue weighted by atomic mass is 35.5. The minimum atomic E-state index is -0.0249. The smallest absolute Gasteiger partial charge is 0.268 e. The van der Waals surface area contributed by atoms with E-state index in [0.717, 1.165) is 45.6 Å². The molecule has 1 aromatic carbocycles. The number of nitrogens with one attached hydrogen (secondary N) is 1. The summed E-state index contributed by atoms with van der Waals surface area (Å²) in [5.74, 6) is 0.873. The van der Waals surface area contributed by atoms with Crippen LogP contribution in [0.15, 0.2) is 30.5 Å². The van der Waals surface area contributed by atoms with Gasteiger partial charge in [-0.3, -0.25) is 4.79 Å². The van der Waals surface area contributed by atoms with Crippen molar-refractivity contribution in [2.45, 2.75) is 13.5 Å². The van der Waals surface area contributed by atoms with Crippen LogP contribution in [0.5, 0.6) is 0 Å². The third-order valence-corrected chi connectivity index (χ3v) is 4.95. The number of hydrogen-bond donors (Lipinski definition) is 1. The van der Waals surface area contributed by atoms with Crippen LogP contribution in [-0.2, 0) is 6.54 Å². The van der Waals surface area contributed by atoms with Crippen molar-refractivity contribution in [3.63, 3.8) is 0 Å². The standard InChI is InChI=1S/C19H19ClN4O/c1-11-14-8-13(20)9-15(12-4-5-16(22-10-12)23(2)3)18(14)24-7-6-21-19(25)17(11)24/h4-5,8-10H,6-7H2,1-3H3,(H,21,25). The highest BCUT2D eigenvalue weighted by Crippen LogP contribution is 2.37. The molecule has 0 spiro atoms. The number of amides is 1. The van der Waals surface area contributed by atoms with Gasteiger partial charge < -0.3 is 14.8 Å². The molecule has 5 nitrogen and oxygen atoms in total. The molecule has 0 saturated heterocycles. The largest absolute Gasteiger partial charge is 0.363 e. The van der Waals surface area contributed by atoms with Crippen LogP contribution in [0.2, 0.25) is 5.02 Å². The molecule has 3 aromatic rings. The lowest BCUT2D eigenvalue weighted by molar-refractivity contribution is 0.0928. The first-order valence-electron chi connectivity index (χ1n) is 8.21. The quantitative estimate of drug-likeness (QED) is 0.766. The van der Waals surface area contributed by atoms with Gasteiger partial charge in [-0.2, -0.15) is 0 Å². The van der Waals surface area contributed by atoms with Gasteiger partial charge in [-0.25, -0.2) is 4.98 Å². The van der Waals surface area contributed by atoms with Gasteiger partial charge in [0, 0.05) is 54.9 Å². The van der Waals surface area contributed by atoms with E-state index in [2.05, 4.69) is 14.9 Å². The SMILES string of the molecule is Cc1c2n(c3c(-c4ccc(N(C)C)nc4)cc(Cl)cc13)CCNC2=O. The summed E-state index contributed by atoms with van der Waals surface area (Å²) in [5, 5.41) is 4.60. The maximum atomic E-state index is 12.3. The first-order chi connectivity index (χ1) is 12.0. The lowest BCUT2D eigenvalue weighted by atomic mass is 10.0. The number of hydrogen-bond acceptors (Lipinski definition) is 3. The summed E-state index contributed by atoms with van der Waals surface area (Å²) in [6, 6.07) is 7.93. The van der Waals surface area contributed by atoms with Crippen LogP contribution in [0, 0.1) is 6.92 Å². The fourth-order valence-corrected chi connectivity index (χ4v) is 3.75. The lowest BCUT2D eigenvalue weighted by Gasteiger charge is -2.18. The second kappa shape index (κ2) is 5.77. The van der Waals surface area contributed by atoms with Crippen LogP contribution in [-0.4, -0.2) is 36.1 Å². The van der Waals surface area contributed by atoms with Gasteiger partial charge >= 0.3 is 0 Å². The van der Waals surface area contributed by atoms with Gasteiger partial charge in [-0.1, -0.05) is 11.6 Å². The van der Waals surface area contributed by atoms with Gasteiger partial charge in [-0.05, 0) is 36.8 Å². The number of rotatable bonds is 2. The minimum absolute atomic E-state index is 0.0249. The van der Waals surface area contributed by atoms with Gasteiger partial charge in [0.05, 0.1) is 5.52 Å². The maximum absolute atomic E-state index is 12.3. The summed E-state index contributed by atoms with van der Waals surface area (Å²) in [5.41, 5.74) is 4.73. The van der Waals surface area contributed by atoms with Gasteiger partial charge in [-0.15, -0.1) is 0 Å². The lowest BCUT2D eigenvalue weighted by Crippen LogP contribution is -2.35. The topological polar surface area (TPSA) is 50.2 Å². The average Bonchev–Trinajstić information content (AvgIpc) is 2.88. The van der Waals surface area contributed by atoms with Crippen molar-refractivity contribution >= 4 is 34.2 Å². The molecule has 0 radical (unpaired) electrons. The Morgan fingerprint density at radius 2 is 2.08 bits per heavy atom. The minimum Gasteiger partial charge on any atom is -0.363 e. The Kier molecular flexibility index (Phi) is 3.69. The van der Waals surface area contributed by atoms with Crippen LogP contribution in [0.1, 0.15) is 16.1 Å². The molecule has 0 bridgehead atoms. The monoisotopic (exact) mass is 354 g/mol. The number of anilines is 1. The van der Waals surface area contributed by atoms with E-state index in [1.165, 1.54) is 0 Å². The number of pyridine rings is 1. The van der Waals surface area contributed by atoms with Crippen molar-refractivity contribution < 1.29 is 4.79 Å². The molecular weight excluding hydrogens is 336 g/mol. The second-order valence-electron chi connectivity index (χ2n) is 6.53. The number of nitrogens with zero attached hydrogens (tertiary/aromatic N) is 3.